The first-order chi connectivity index (χ1) is 14.1. The summed E-state index contributed by atoms with van der Waals surface area (Å²) in [6.07, 6.45) is 2.21. The maximum Gasteiger partial charge on any atom is 0.317 e. The van der Waals surface area contributed by atoms with E-state index in [0.29, 0.717) is 11.1 Å². The standard InChI is InChI=1S/C22H21N3O3S/c26-21(27)14-25-12-16-10-24(11-17(16)13-25)9-15-5-7-18(8-6-15)28-22-23-19-3-1-2-4-20(19)29-22/h1-8,10,17H,9,11-14H2,(H,26,27). The summed E-state index contributed by atoms with van der Waals surface area (Å²) in [6.45, 7) is 3.53. The van der Waals surface area contributed by atoms with Gasteiger partial charge in [-0.2, -0.15) is 0 Å². The first-order valence-corrected chi connectivity index (χ1v) is 10.5. The van der Waals surface area contributed by atoms with Crippen LogP contribution in [-0.2, 0) is 11.3 Å². The van der Waals surface area contributed by atoms with Crippen LogP contribution in [0.4, 0.5) is 0 Å². The van der Waals surface area contributed by atoms with Crippen molar-refractivity contribution in [3.05, 3.63) is 65.9 Å². The van der Waals surface area contributed by atoms with E-state index in [1.807, 2.05) is 41.3 Å². The smallest absolute Gasteiger partial charge is 0.317 e. The van der Waals surface area contributed by atoms with Crippen LogP contribution >= 0.6 is 11.3 Å². The number of carboxylic acid groups (broad SMARTS) is 1. The summed E-state index contributed by atoms with van der Waals surface area (Å²) in [5.74, 6) is 0.486. The van der Waals surface area contributed by atoms with Crippen LogP contribution in [0.5, 0.6) is 10.9 Å². The Morgan fingerprint density at radius 2 is 2.00 bits per heavy atom. The Hall–Kier alpha value is -2.90. The molecule has 1 N–H and O–H groups in total. The Kier molecular flexibility index (Phi) is 4.69. The van der Waals surface area contributed by atoms with Gasteiger partial charge in [0.15, 0.2) is 0 Å². The molecule has 3 heterocycles. The van der Waals surface area contributed by atoms with Gasteiger partial charge in [-0.1, -0.05) is 35.6 Å². The Labute approximate surface area is 172 Å². The fraction of sp³-hybridized carbons (Fsp3) is 0.273. The van der Waals surface area contributed by atoms with Gasteiger partial charge in [0, 0.05) is 38.3 Å². The highest BCUT2D eigenvalue weighted by Crippen LogP contribution is 2.32. The van der Waals surface area contributed by atoms with Gasteiger partial charge in [-0.05, 0) is 35.4 Å². The van der Waals surface area contributed by atoms with Gasteiger partial charge in [-0.3, -0.25) is 9.69 Å². The van der Waals surface area contributed by atoms with Crippen molar-refractivity contribution >= 4 is 27.5 Å². The van der Waals surface area contributed by atoms with Crippen molar-refractivity contribution in [2.45, 2.75) is 6.54 Å². The zero-order chi connectivity index (χ0) is 19.8. The number of fused-ring (bicyclic) bond motifs is 2. The number of rotatable bonds is 6. The number of benzene rings is 2. The van der Waals surface area contributed by atoms with Gasteiger partial charge in [-0.25, -0.2) is 4.98 Å². The van der Waals surface area contributed by atoms with Crippen molar-refractivity contribution < 1.29 is 14.6 Å². The highest BCUT2D eigenvalue weighted by Gasteiger charge is 2.33. The number of likely N-dealkylation sites (tertiary alicyclic amines) is 1. The number of aromatic nitrogens is 1. The molecule has 0 aliphatic carbocycles. The molecule has 1 unspecified atom stereocenters. The molecule has 5 rings (SSSR count). The molecule has 0 bridgehead atoms. The van der Waals surface area contributed by atoms with Gasteiger partial charge in [0.2, 0.25) is 0 Å². The average Bonchev–Trinajstić information content (AvgIpc) is 3.35. The second-order valence-corrected chi connectivity index (χ2v) is 8.58. The maximum absolute atomic E-state index is 10.9. The summed E-state index contributed by atoms with van der Waals surface area (Å²) in [7, 11) is 0. The Morgan fingerprint density at radius 3 is 2.76 bits per heavy atom. The summed E-state index contributed by atoms with van der Waals surface area (Å²) < 4.78 is 7.04. The minimum Gasteiger partial charge on any atom is -0.480 e. The summed E-state index contributed by atoms with van der Waals surface area (Å²) in [6, 6.07) is 16.2. The lowest BCUT2D eigenvalue weighted by molar-refractivity contribution is -0.138. The average molecular weight is 407 g/mol. The molecular formula is C22H21N3O3S. The molecule has 6 nitrogen and oxygen atoms in total. The Balaban J connectivity index is 1.19. The lowest BCUT2D eigenvalue weighted by Gasteiger charge is -2.20. The third-order valence-electron chi connectivity index (χ3n) is 5.36. The molecular weight excluding hydrogens is 386 g/mol. The number of thiazole rings is 1. The quantitative estimate of drug-likeness (QED) is 0.670. The minimum absolute atomic E-state index is 0.129. The van der Waals surface area contributed by atoms with Crippen molar-refractivity contribution in [1.82, 2.24) is 14.8 Å². The second kappa shape index (κ2) is 7.50. The second-order valence-electron chi connectivity index (χ2n) is 7.59. The minimum atomic E-state index is -0.754. The van der Waals surface area contributed by atoms with Crippen LogP contribution in [0.15, 0.2) is 60.3 Å². The van der Waals surface area contributed by atoms with E-state index >= 15 is 0 Å². The van der Waals surface area contributed by atoms with Crippen LogP contribution in [0, 0.1) is 5.92 Å². The van der Waals surface area contributed by atoms with Gasteiger partial charge in [-0.15, -0.1) is 0 Å². The molecule has 1 aromatic heterocycles. The number of aliphatic carboxylic acids is 1. The fourth-order valence-electron chi connectivity index (χ4n) is 4.09. The first kappa shape index (κ1) is 18.1. The molecule has 0 spiro atoms. The molecule has 1 saturated heterocycles. The van der Waals surface area contributed by atoms with E-state index in [1.54, 1.807) is 11.3 Å². The molecule has 0 amide bonds. The van der Waals surface area contributed by atoms with Crippen molar-refractivity contribution in [1.29, 1.82) is 0 Å². The number of hydrogen-bond donors (Lipinski definition) is 1. The number of ether oxygens (including phenoxy) is 1. The van der Waals surface area contributed by atoms with Gasteiger partial charge in [0.1, 0.15) is 5.75 Å². The molecule has 2 aliphatic rings. The summed E-state index contributed by atoms with van der Waals surface area (Å²) in [4.78, 5) is 19.7. The van der Waals surface area contributed by atoms with Crippen LogP contribution in [0.1, 0.15) is 5.56 Å². The van der Waals surface area contributed by atoms with Gasteiger partial charge < -0.3 is 14.7 Å². The molecule has 148 valence electrons. The zero-order valence-electron chi connectivity index (χ0n) is 15.8. The summed E-state index contributed by atoms with van der Waals surface area (Å²) in [5.41, 5.74) is 3.53. The van der Waals surface area contributed by atoms with E-state index in [2.05, 4.69) is 28.2 Å². The molecule has 2 aromatic carbocycles. The van der Waals surface area contributed by atoms with E-state index in [9.17, 15) is 4.79 Å². The van der Waals surface area contributed by atoms with Crippen molar-refractivity contribution in [3.8, 4) is 10.9 Å². The number of nitrogens with zero attached hydrogens (tertiary/aromatic N) is 3. The van der Waals surface area contributed by atoms with Gasteiger partial charge >= 0.3 is 5.97 Å². The Morgan fingerprint density at radius 1 is 1.17 bits per heavy atom. The number of hydrogen-bond acceptors (Lipinski definition) is 6. The predicted molar refractivity (Wildman–Crippen MR) is 112 cm³/mol. The SMILES string of the molecule is O=C(O)CN1CC2=CN(Cc3ccc(Oc4nc5ccccc5s4)cc3)CC2C1. The number of para-hydroxylation sites is 1. The third kappa shape index (κ3) is 3.97. The first-order valence-electron chi connectivity index (χ1n) is 9.63. The molecule has 1 atom stereocenters. The maximum atomic E-state index is 10.9. The van der Waals surface area contributed by atoms with Crippen molar-refractivity contribution in [3.63, 3.8) is 0 Å². The summed E-state index contributed by atoms with van der Waals surface area (Å²) in [5, 5.41) is 9.61. The largest absolute Gasteiger partial charge is 0.480 e. The van der Waals surface area contributed by atoms with E-state index in [1.165, 1.54) is 11.1 Å². The molecule has 1 fully saturated rings. The fourth-order valence-corrected chi connectivity index (χ4v) is 4.92. The topological polar surface area (TPSA) is 65.9 Å². The Bertz CT molecular complexity index is 1040. The molecule has 7 heteroatoms. The van der Waals surface area contributed by atoms with Crippen molar-refractivity contribution in [2.24, 2.45) is 5.92 Å². The number of carbonyl (C=O) groups is 1. The third-order valence-corrected chi connectivity index (χ3v) is 6.27. The van der Waals surface area contributed by atoms with Crippen LogP contribution < -0.4 is 4.74 Å². The molecule has 3 aromatic rings. The lowest BCUT2D eigenvalue weighted by atomic mass is 10.1. The normalized spacial score (nSPS) is 18.8. The highest BCUT2D eigenvalue weighted by atomic mass is 32.1. The molecule has 0 radical (unpaired) electrons. The molecule has 2 aliphatic heterocycles. The zero-order valence-corrected chi connectivity index (χ0v) is 16.6. The molecule has 29 heavy (non-hydrogen) atoms. The summed E-state index contributed by atoms with van der Waals surface area (Å²) >= 11 is 1.55. The van der Waals surface area contributed by atoms with Crippen LogP contribution in [0.3, 0.4) is 0 Å². The lowest BCUT2D eigenvalue weighted by Crippen LogP contribution is -2.30. The van der Waals surface area contributed by atoms with E-state index < -0.39 is 5.97 Å². The van der Waals surface area contributed by atoms with Crippen LogP contribution in [0.25, 0.3) is 10.2 Å². The number of carboxylic acids is 1. The predicted octanol–water partition coefficient (Wildman–Crippen LogP) is 3.80. The van der Waals surface area contributed by atoms with E-state index in [4.69, 9.17) is 9.84 Å². The van der Waals surface area contributed by atoms with E-state index in [-0.39, 0.29) is 6.54 Å². The van der Waals surface area contributed by atoms with Crippen molar-refractivity contribution in [2.75, 3.05) is 26.2 Å². The van der Waals surface area contributed by atoms with E-state index in [0.717, 1.165) is 42.1 Å². The monoisotopic (exact) mass is 407 g/mol. The van der Waals surface area contributed by atoms with Crippen LogP contribution in [0.2, 0.25) is 0 Å². The van der Waals surface area contributed by atoms with Crippen LogP contribution in [-0.4, -0.2) is 52.0 Å². The molecule has 0 saturated carbocycles. The van der Waals surface area contributed by atoms with Gasteiger partial charge in [0.25, 0.3) is 5.19 Å². The highest BCUT2D eigenvalue weighted by molar-refractivity contribution is 7.20. The van der Waals surface area contributed by atoms with Gasteiger partial charge in [0.05, 0.1) is 16.8 Å².